The zero-order chi connectivity index (χ0) is 45.4. The molecule has 2 rings (SSSR count). The van der Waals surface area contributed by atoms with Crippen LogP contribution in [0.5, 0.6) is 5.75 Å². The van der Waals surface area contributed by atoms with Crippen molar-refractivity contribution in [2.24, 2.45) is 29.0 Å². The predicted octanol–water partition coefficient (Wildman–Crippen LogP) is -4.22. The third kappa shape index (κ3) is 15.5. The molecule has 1 aliphatic rings. The zero-order valence-corrected chi connectivity index (χ0v) is 34.3. The molecule has 0 spiro atoms. The molecule has 0 aliphatic carbocycles. The Labute approximate surface area is 346 Å². The van der Waals surface area contributed by atoms with E-state index in [1.54, 1.807) is 27.7 Å². The van der Waals surface area contributed by atoms with Crippen molar-refractivity contribution in [3.8, 4) is 5.75 Å². The molecule has 10 amide bonds. The Kier molecular flexibility index (Phi) is 19.4. The van der Waals surface area contributed by atoms with Crippen molar-refractivity contribution in [2.45, 2.75) is 115 Å². The monoisotopic (exact) mass is 846 g/mol. The van der Waals surface area contributed by atoms with Crippen LogP contribution in [-0.2, 0) is 54.4 Å². The Morgan fingerprint density at radius 2 is 1.25 bits per heavy atom. The van der Waals surface area contributed by atoms with Crippen molar-refractivity contribution in [3.05, 3.63) is 29.8 Å². The number of rotatable bonds is 23. The van der Waals surface area contributed by atoms with Gasteiger partial charge in [0.1, 0.15) is 48.0 Å². The minimum Gasteiger partial charge on any atom is -0.508 e. The van der Waals surface area contributed by atoms with E-state index in [2.05, 4.69) is 31.9 Å². The quantitative estimate of drug-likeness (QED) is 0.0500. The van der Waals surface area contributed by atoms with E-state index in [1.165, 1.54) is 29.2 Å². The van der Waals surface area contributed by atoms with Gasteiger partial charge in [-0.2, -0.15) is 0 Å². The molecule has 1 aromatic carbocycles. The molecular formula is C38H58N10O12. The molecule has 0 unspecified atom stereocenters. The first-order chi connectivity index (χ1) is 28.0. The van der Waals surface area contributed by atoms with Gasteiger partial charge in [0.05, 0.1) is 13.0 Å². The van der Waals surface area contributed by atoms with Crippen LogP contribution in [0, 0.1) is 11.8 Å². The molecule has 1 aliphatic heterocycles. The molecule has 1 aromatic rings. The highest BCUT2D eigenvalue weighted by atomic mass is 16.3. The number of aliphatic hydroxyl groups is 1. The topological polar surface area (TPSA) is 365 Å². The van der Waals surface area contributed by atoms with E-state index >= 15 is 0 Å². The summed E-state index contributed by atoms with van der Waals surface area (Å²) < 4.78 is 0. The number of phenolic OH excluding ortho intramolecular Hbond substituents is 1. The molecule has 1 heterocycles. The highest BCUT2D eigenvalue weighted by Crippen LogP contribution is 2.21. The first-order valence-electron chi connectivity index (χ1n) is 19.4. The van der Waals surface area contributed by atoms with Crippen LogP contribution >= 0.6 is 0 Å². The first kappa shape index (κ1) is 49.8. The molecule has 1 saturated heterocycles. The van der Waals surface area contributed by atoms with E-state index in [1.807, 2.05) is 0 Å². The molecule has 332 valence electrons. The minimum atomic E-state index is -1.76. The van der Waals surface area contributed by atoms with Gasteiger partial charge in [0.15, 0.2) is 0 Å². The molecule has 7 atom stereocenters. The maximum Gasteiger partial charge on any atom is 0.246 e. The van der Waals surface area contributed by atoms with Crippen LogP contribution in [0.4, 0.5) is 0 Å². The number of nitrogens with zero attached hydrogens (tertiary/aromatic N) is 1. The molecule has 22 heteroatoms. The average Bonchev–Trinajstić information content (AvgIpc) is 3.66. The van der Waals surface area contributed by atoms with Gasteiger partial charge in [0, 0.05) is 26.3 Å². The molecule has 14 N–H and O–H groups in total. The van der Waals surface area contributed by atoms with Crippen LogP contribution in [0.15, 0.2) is 24.3 Å². The third-order valence-corrected chi connectivity index (χ3v) is 9.57. The number of amides is 10. The fourth-order valence-corrected chi connectivity index (χ4v) is 6.39. The zero-order valence-electron chi connectivity index (χ0n) is 34.3. The molecule has 0 bridgehead atoms. The summed E-state index contributed by atoms with van der Waals surface area (Å²) >= 11 is 0. The summed E-state index contributed by atoms with van der Waals surface area (Å²) in [5.41, 5.74) is 16.6. The average molecular weight is 847 g/mol. The number of aliphatic hydroxyl groups excluding tert-OH is 1. The number of aromatic hydroxyl groups is 1. The summed E-state index contributed by atoms with van der Waals surface area (Å²) in [4.78, 5) is 130. The summed E-state index contributed by atoms with van der Waals surface area (Å²) in [5, 5.41) is 34.0. The number of carbonyl (C=O) groups excluding carboxylic acids is 10. The maximum atomic E-state index is 14.4. The van der Waals surface area contributed by atoms with Gasteiger partial charge in [0.25, 0.3) is 0 Å². The number of nitrogens with one attached hydrogen (secondary N) is 6. The van der Waals surface area contributed by atoms with Crippen molar-refractivity contribution < 1.29 is 58.2 Å². The Morgan fingerprint density at radius 1 is 0.700 bits per heavy atom. The first-order valence-corrected chi connectivity index (χ1v) is 19.4. The van der Waals surface area contributed by atoms with E-state index in [4.69, 9.17) is 17.2 Å². The van der Waals surface area contributed by atoms with Gasteiger partial charge >= 0.3 is 0 Å². The summed E-state index contributed by atoms with van der Waals surface area (Å²) in [7, 11) is 0. The maximum absolute atomic E-state index is 14.4. The minimum absolute atomic E-state index is 0.0600. The fraction of sp³-hybridized carbons (Fsp3) is 0.579. The van der Waals surface area contributed by atoms with Crippen LogP contribution in [0.3, 0.4) is 0 Å². The smallest absolute Gasteiger partial charge is 0.246 e. The van der Waals surface area contributed by atoms with E-state index < -0.39 is 133 Å². The van der Waals surface area contributed by atoms with Gasteiger partial charge in [-0.1, -0.05) is 39.8 Å². The number of hydrogen-bond donors (Lipinski definition) is 11. The lowest BCUT2D eigenvalue weighted by atomic mass is 9.99. The molecule has 22 nitrogen and oxygen atoms in total. The number of likely N-dealkylation sites (tertiary alicyclic amines) is 1. The van der Waals surface area contributed by atoms with Crippen LogP contribution in [0.2, 0.25) is 0 Å². The largest absolute Gasteiger partial charge is 0.508 e. The normalized spacial score (nSPS) is 16.6. The van der Waals surface area contributed by atoms with Crippen molar-refractivity contribution in [1.82, 2.24) is 36.8 Å². The SMILES string of the molecule is CC(=O)N[C@@H](CO)C(=O)N[C@H](CCC(N)=O)C(=O)N[C@@H](CC(N)=O)C(=O)N[C@H](Cc1ccc(O)cc1)C(=O)N1CCC[C@@H]1C(=O)N[C@H](C(=O)N[C@H](C(N)=O)C(C)C)C(C)C. The number of primary amides is 3. The molecule has 60 heavy (non-hydrogen) atoms. The Morgan fingerprint density at radius 3 is 1.77 bits per heavy atom. The molecular weight excluding hydrogens is 788 g/mol. The standard InChI is InChI=1S/C38H58N10O12/c1-18(2)30(32(41)54)46-37(59)31(19(3)4)47-36(58)27-7-6-14-48(27)38(60)25(15-21-8-10-22(51)11-9-21)45-34(56)24(16-29(40)53)44-33(55)23(12-13-28(39)52)43-35(57)26(17-49)42-20(5)50/h8-11,18-19,23-27,30-31,49,51H,6-7,12-17H2,1-5H3,(H2,39,52)(H2,40,53)(H2,41,54)(H,42,50)(H,43,57)(H,44,55)(H,45,56)(H,46,59)(H,47,58)/t23-,24+,25-,26+,27-,30+,31+/m1/s1. The van der Waals surface area contributed by atoms with E-state index in [-0.39, 0.29) is 31.1 Å². The Balaban J connectivity index is 2.43. The Bertz CT molecular complexity index is 1760. The van der Waals surface area contributed by atoms with Gasteiger partial charge in [0.2, 0.25) is 59.1 Å². The summed E-state index contributed by atoms with van der Waals surface area (Å²) in [5.74, 6) is -9.56. The second-order valence-electron chi connectivity index (χ2n) is 15.2. The molecule has 1 fully saturated rings. The van der Waals surface area contributed by atoms with Crippen molar-refractivity contribution in [1.29, 1.82) is 0 Å². The lowest BCUT2D eigenvalue weighted by molar-refractivity contribution is -0.143. The second-order valence-corrected chi connectivity index (χ2v) is 15.2. The highest BCUT2D eigenvalue weighted by molar-refractivity contribution is 5.99. The molecule has 0 aromatic heterocycles. The Hall–Kier alpha value is -6.32. The van der Waals surface area contributed by atoms with Gasteiger partial charge in [-0.25, -0.2) is 0 Å². The summed E-state index contributed by atoms with van der Waals surface area (Å²) in [6.45, 7) is 7.00. The van der Waals surface area contributed by atoms with E-state index in [9.17, 15) is 58.2 Å². The van der Waals surface area contributed by atoms with Crippen LogP contribution in [-0.4, -0.2) is 130 Å². The van der Waals surface area contributed by atoms with Crippen LogP contribution in [0.1, 0.15) is 72.3 Å². The van der Waals surface area contributed by atoms with Crippen molar-refractivity contribution >= 4 is 59.1 Å². The van der Waals surface area contributed by atoms with Gasteiger partial charge in [-0.15, -0.1) is 0 Å². The summed E-state index contributed by atoms with van der Waals surface area (Å²) in [6, 6.07) is -3.91. The van der Waals surface area contributed by atoms with Crippen LogP contribution < -0.4 is 49.1 Å². The van der Waals surface area contributed by atoms with Gasteiger partial charge in [-0.3, -0.25) is 47.9 Å². The molecule has 0 radical (unpaired) electrons. The molecule has 0 saturated carbocycles. The number of hydrogen-bond acceptors (Lipinski definition) is 12. The highest BCUT2D eigenvalue weighted by Gasteiger charge is 2.41. The third-order valence-electron chi connectivity index (χ3n) is 9.57. The lowest BCUT2D eigenvalue weighted by Crippen LogP contribution is -2.61. The van der Waals surface area contributed by atoms with E-state index in [0.717, 1.165) is 6.92 Å². The number of phenols is 1. The lowest BCUT2D eigenvalue weighted by Gasteiger charge is -2.32. The van der Waals surface area contributed by atoms with Crippen molar-refractivity contribution in [3.63, 3.8) is 0 Å². The second kappa shape index (κ2) is 23.3. The predicted molar refractivity (Wildman–Crippen MR) is 212 cm³/mol. The number of benzene rings is 1. The van der Waals surface area contributed by atoms with Gasteiger partial charge < -0.3 is 64.2 Å². The van der Waals surface area contributed by atoms with E-state index in [0.29, 0.717) is 12.0 Å². The van der Waals surface area contributed by atoms with Gasteiger partial charge in [-0.05, 0) is 48.8 Å². The summed E-state index contributed by atoms with van der Waals surface area (Å²) in [6.07, 6.45) is -1.32. The fourth-order valence-electron chi connectivity index (χ4n) is 6.39. The van der Waals surface area contributed by atoms with Crippen molar-refractivity contribution in [2.75, 3.05) is 13.2 Å². The number of carbonyl (C=O) groups is 10. The number of nitrogens with two attached hydrogens (primary N) is 3. The van der Waals surface area contributed by atoms with Crippen LogP contribution in [0.25, 0.3) is 0 Å².